The molecule has 3 aromatic heterocycles. The van der Waals surface area contributed by atoms with Crippen molar-refractivity contribution in [1.82, 2.24) is 29.9 Å². The summed E-state index contributed by atoms with van der Waals surface area (Å²) in [5.41, 5.74) is 1.35. The molecule has 0 aliphatic rings. The van der Waals surface area contributed by atoms with E-state index in [1.807, 2.05) is 6.07 Å². The molecule has 0 saturated carbocycles. The van der Waals surface area contributed by atoms with Gasteiger partial charge in [0.05, 0.1) is 42.0 Å². The minimum absolute atomic E-state index is 0.0432. The van der Waals surface area contributed by atoms with Gasteiger partial charge in [-0.15, -0.1) is 4.80 Å². The number of H-pyrrole nitrogens is 1. The average Bonchev–Trinajstić information content (AvgIpc) is 3.46. The molecule has 3 heterocycles. The minimum atomic E-state index is -2.67. The molecule has 0 aliphatic carbocycles. The molecule has 0 fully saturated rings. The van der Waals surface area contributed by atoms with Crippen LogP contribution >= 0.6 is 23.5 Å². The van der Waals surface area contributed by atoms with Crippen LogP contribution in [-0.2, 0) is 0 Å². The second kappa shape index (κ2) is 9.44. The zero-order valence-corrected chi connectivity index (χ0v) is 18.2. The Morgan fingerprint density at radius 1 is 1.16 bits per heavy atom. The summed E-state index contributed by atoms with van der Waals surface area (Å²) in [5, 5.41) is 9.63. The van der Waals surface area contributed by atoms with Gasteiger partial charge >= 0.3 is 0 Å². The molecule has 0 aliphatic heterocycles. The Morgan fingerprint density at radius 3 is 2.47 bits per heavy atom. The van der Waals surface area contributed by atoms with E-state index in [0.29, 0.717) is 10.7 Å². The van der Waals surface area contributed by atoms with Crippen LogP contribution in [0.25, 0.3) is 16.6 Å². The molecule has 0 atom stereocenters. The first-order chi connectivity index (χ1) is 15.5. The lowest BCUT2D eigenvalue weighted by Gasteiger charge is -2.14. The Labute approximate surface area is 189 Å². The smallest absolute Gasteiger partial charge is 0.272 e. The van der Waals surface area contributed by atoms with Crippen LogP contribution in [0.4, 0.5) is 14.7 Å². The zero-order chi connectivity index (χ0) is 22.7. The van der Waals surface area contributed by atoms with Crippen molar-refractivity contribution in [2.24, 2.45) is 0 Å². The number of anilines is 1. The van der Waals surface area contributed by atoms with E-state index < -0.39 is 13.0 Å². The quantitative estimate of drug-likeness (QED) is 0.341. The number of rotatable bonds is 9. The summed E-state index contributed by atoms with van der Waals surface area (Å²) in [6.45, 7) is -0.844. The van der Waals surface area contributed by atoms with E-state index >= 15 is 0 Å². The molecular formula is C18H16ClF2N7O3S. The number of nitrogens with zero attached hydrogens (tertiary/aromatic N) is 5. The lowest BCUT2D eigenvalue weighted by Crippen LogP contribution is -2.11. The van der Waals surface area contributed by atoms with Gasteiger partial charge in [-0.25, -0.2) is 8.78 Å². The molecule has 2 N–H and O–H groups in total. The van der Waals surface area contributed by atoms with Crippen molar-refractivity contribution in [2.75, 3.05) is 25.5 Å². The van der Waals surface area contributed by atoms with Crippen LogP contribution in [0.5, 0.6) is 17.5 Å². The average molecular weight is 484 g/mol. The molecule has 0 amide bonds. The molecule has 0 bridgehead atoms. The van der Waals surface area contributed by atoms with Gasteiger partial charge in [-0.05, 0) is 24.1 Å². The predicted octanol–water partition coefficient (Wildman–Crippen LogP) is 3.97. The largest absolute Gasteiger partial charge is 0.478 e. The first-order valence-electron chi connectivity index (χ1n) is 9.02. The van der Waals surface area contributed by atoms with Crippen LogP contribution in [0.3, 0.4) is 0 Å². The molecule has 10 nitrogen and oxygen atoms in total. The van der Waals surface area contributed by atoms with E-state index in [4.69, 9.17) is 25.8 Å². The maximum absolute atomic E-state index is 12.5. The number of aromatic amines is 1. The number of fused-ring (bicyclic) bond motifs is 1. The van der Waals surface area contributed by atoms with Crippen LogP contribution in [0.2, 0.25) is 5.02 Å². The van der Waals surface area contributed by atoms with Crippen LogP contribution in [0.15, 0.2) is 35.6 Å². The number of benzene rings is 1. The topological polar surface area (TPSA) is 112 Å². The number of ether oxygens (including phenoxy) is 3. The van der Waals surface area contributed by atoms with Crippen molar-refractivity contribution in [1.29, 1.82) is 0 Å². The van der Waals surface area contributed by atoms with Crippen LogP contribution in [0, 0.1) is 0 Å². The maximum atomic E-state index is 12.5. The monoisotopic (exact) mass is 483 g/mol. The third kappa shape index (κ3) is 4.34. The molecule has 168 valence electrons. The summed E-state index contributed by atoms with van der Waals surface area (Å²) in [4.78, 5) is 13.7. The molecule has 0 spiro atoms. The number of alkyl halides is 2. The molecule has 0 radical (unpaired) electrons. The molecule has 4 aromatic rings. The Bertz CT molecular complexity index is 1200. The van der Waals surface area contributed by atoms with E-state index in [1.54, 1.807) is 24.7 Å². The molecule has 1 aromatic carbocycles. The number of nitrogens with one attached hydrogen (secondary N) is 2. The van der Waals surface area contributed by atoms with Crippen molar-refractivity contribution in [3.63, 3.8) is 0 Å². The third-order valence-electron chi connectivity index (χ3n) is 4.16. The van der Waals surface area contributed by atoms with Crippen molar-refractivity contribution in [3.05, 3.63) is 35.7 Å². The molecule has 0 saturated heterocycles. The number of hydrogen-bond acceptors (Lipinski definition) is 9. The van der Waals surface area contributed by atoms with Gasteiger partial charge in [-0.1, -0.05) is 11.6 Å². The van der Waals surface area contributed by atoms with Crippen LogP contribution in [0.1, 0.15) is 0 Å². The van der Waals surface area contributed by atoms with E-state index in [-0.39, 0.29) is 23.5 Å². The highest BCUT2D eigenvalue weighted by Crippen LogP contribution is 2.38. The van der Waals surface area contributed by atoms with Crippen molar-refractivity contribution in [3.8, 4) is 23.2 Å². The zero-order valence-electron chi connectivity index (χ0n) is 16.7. The molecular weight excluding hydrogens is 468 g/mol. The lowest BCUT2D eigenvalue weighted by atomic mass is 10.2. The predicted molar refractivity (Wildman–Crippen MR) is 114 cm³/mol. The molecule has 14 heteroatoms. The highest BCUT2D eigenvalue weighted by Gasteiger charge is 2.20. The van der Waals surface area contributed by atoms with Gasteiger partial charge < -0.3 is 19.2 Å². The summed E-state index contributed by atoms with van der Waals surface area (Å²) in [5.74, 6) is -0.0639. The second-order valence-electron chi connectivity index (χ2n) is 6.09. The summed E-state index contributed by atoms with van der Waals surface area (Å²) in [6.07, 6.45) is 2.22. The van der Waals surface area contributed by atoms with E-state index in [0.717, 1.165) is 15.8 Å². The number of aromatic nitrogens is 6. The summed E-state index contributed by atoms with van der Waals surface area (Å²) in [7, 11) is 2.67. The first kappa shape index (κ1) is 21.9. The number of hydrogen-bond donors (Lipinski definition) is 2. The Balaban J connectivity index is 1.60. The van der Waals surface area contributed by atoms with E-state index in [2.05, 4.69) is 29.9 Å². The van der Waals surface area contributed by atoms with Crippen LogP contribution < -0.4 is 18.9 Å². The fourth-order valence-electron chi connectivity index (χ4n) is 2.85. The molecule has 4 rings (SSSR count). The van der Waals surface area contributed by atoms with Gasteiger partial charge in [0.2, 0.25) is 11.7 Å². The minimum Gasteiger partial charge on any atom is -0.478 e. The fraction of sp³-hybridized carbons (Fsp3) is 0.222. The van der Waals surface area contributed by atoms with Gasteiger partial charge in [0, 0.05) is 11.6 Å². The Morgan fingerprint density at radius 2 is 1.84 bits per heavy atom. The highest BCUT2D eigenvalue weighted by atomic mass is 35.5. The number of methoxy groups -OCH3 is 2. The third-order valence-corrected chi connectivity index (χ3v) is 5.30. The van der Waals surface area contributed by atoms with Gasteiger partial charge in [0.1, 0.15) is 12.3 Å². The van der Waals surface area contributed by atoms with Gasteiger partial charge in [-0.3, -0.25) is 4.72 Å². The summed E-state index contributed by atoms with van der Waals surface area (Å²) in [6, 6.07) is 3.60. The van der Waals surface area contributed by atoms with Gasteiger partial charge in [0.15, 0.2) is 0 Å². The molecule has 0 unspecified atom stereocenters. The van der Waals surface area contributed by atoms with Crippen molar-refractivity contribution in [2.45, 2.75) is 11.3 Å². The highest BCUT2D eigenvalue weighted by molar-refractivity contribution is 8.00. The Hall–Kier alpha value is -3.32. The fourth-order valence-corrected chi connectivity index (χ4v) is 3.77. The molecule has 32 heavy (non-hydrogen) atoms. The number of halogens is 3. The SMILES string of the molecule is COc1nc(NSc2c[nH]c3c(-n4nccn4)c(Cl)ccc23)nc(OC)c1OCC(F)F. The van der Waals surface area contributed by atoms with Gasteiger partial charge in [-0.2, -0.15) is 20.2 Å². The van der Waals surface area contributed by atoms with E-state index in [9.17, 15) is 8.78 Å². The van der Waals surface area contributed by atoms with E-state index in [1.165, 1.54) is 31.0 Å². The summed E-state index contributed by atoms with van der Waals surface area (Å²) < 4.78 is 43.4. The van der Waals surface area contributed by atoms with Crippen molar-refractivity contribution < 1.29 is 23.0 Å². The second-order valence-corrected chi connectivity index (χ2v) is 7.35. The normalized spacial score (nSPS) is 11.2. The summed E-state index contributed by atoms with van der Waals surface area (Å²) >= 11 is 7.57. The van der Waals surface area contributed by atoms with Crippen LogP contribution in [-0.4, -0.2) is 57.2 Å². The van der Waals surface area contributed by atoms with Crippen molar-refractivity contribution >= 4 is 40.4 Å². The van der Waals surface area contributed by atoms with Gasteiger partial charge in [0.25, 0.3) is 18.2 Å². The Kier molecular flexibility index (Phi) is 6.46. The maximum Gasteiger partial charge on any atom is 0.272 e. The first-order valence-corrected chi connectivity index (χ1v) is 10.2. The lowest BCUT2D eigenvalue weighted by molar-refractivity contribution is 0.0781. The standard InChI is InChI=1S/C18H16ClF2N7O3S/c1-29-16-15(31-8-12(20)21)17(30-2)26-18(25-16)27-32-11-7-22-13-9(11)3-4-10(19)14(13)28-23-5-6-24-28/h3-7,12,22H,8H2,1-2H3,(H,25,26,27).